The molecule has 30 rings (SSSR count). The van der Waals surface area contributed by atoms with Crippen LogP contribution in [0.4, 0.5) is 0 Å². The molecule has 11 aromatic heterocycles. The Morgan fingerprint density at radius 1 is 0.212 bits per heavy atom. The predicted molar refractivity (Wildman–Crippen MR) is 576 cm³/mol. The van der Waals surface area contributed by atoms with Crippen LogP contribution in [0.2, 0.25) is 0 Å². The average Bonchev–Trinajstić information content (AvgIpc) is 1.63. The topological polar surface area (TPSA) is 113 Å². The summed E-state index contributed by atoms with van der Waals surface area (Å²) in [5, 5.41) is 28.5. The molecule has 0 unspecified atom stereocenters. The molecule has 0 bridgehead atoms. The minimum Gasteiger partial charge on any atom is -0.456 e. The van der Waals surface area contributed by atoms with Crippen molar-refractivity contribution in [2.24, 2.45) is 0 Å². The third kappa shape index (κ3) is 12.6. The Balaban J connectivity index is 0.000000103. The van der Waals surface area contributed by atoms with Gasteiger partial charge in [0.05, 0.1) is 72.8 Å². The number of pyridine rings is 5. The Morgan fingerprint density at radius 3 is 1.45 bits per heavy atom. The number of benzene rings is 19. The van der Waals surface area contributed by atoms with E-state index in [1.807, 2.05) is 77.8 Å². The molecule has 0 aliphatic rings. The summed E-state index contributed by atoms with van der Waals surface area (Å²) in [7, 11) is 0. The SMILES string of the molecule is c1cc(-c2cccc3ccccc23)cc(-c2nc3c(ccc4oc5ccccc5c43)c3ccccc23)c1.c1ccc(-c2cc(-n3c4ccncc4c4cc(-c5nc6c(ccc7sc8ccccc8c76)c6ccccc56)ccc43)nc3ccccc23)cc1.c1ccc(-c2nc(-n3c4ccc(-c5cc6c(ccc7sc8ccccc8c76)c6ccccc56)cc4c4ccncc43)nc3ccccc23)cc1. The lowest BCUT2D eigenvalue weighted by molar-refractivity contribution is 0.669. The number of furan rings is 1. The molecule has 0 radical (unpaired) electrons. The monoisotopic (exact) mass is 1780 g/mol. The van der Waals surface area contributed by atoms with E-state index in [0.717, 1.165) is 160 Å². The number of aromatic nitrogens is 9. The smallest absolute Gasteiger partial charge is 0.235 e. The minimum absolute atomic E-state index is 0.631. The highest BCUT2D eigenvalue weighted by Crippen LogP contribution is 2.49. The summed E-state index contributed by atoms with van der Waals surface area (Å²) < 4.78 is 15.8. The van der Waals surface area contributed by atoms with Gasteiger partial charge in [-0.15, -0.1) is 22.7 Å². The van der Waals surface area contributed by atoms with Crippen molar-refractivity contribution >= 4 is 226 Å². The van der Waals surface area contributed by atoms with Crippen LogP contribution >= 0.6 is 22.7 Å². The molecule has 0 N–H and O–H groups in total. The Morgan fingerprint density at radius 2 is 0.701 bits per heavy atom. The van der Waals surface area contributed by atoms with Crippen LogP contribution in [0.3, 0.4) is 0 Å². The quantitative estimate of drug-likeness (QED) is 0.138. The Bertz CT molecular complexity index is 9870. The van der Waals surface area contributed by atoms with Gasteiger partial charge in [0.15, 0.2) is 0 Å². The molecule has 19 aromatic carbocycles. The molecule has 137 heavy (non-hydrogen) atoms. The standard InChI is InChI=1S/2C45H26N4S.C35H21NO/c1-2-10-27(11-3-1)34-25-42(47-37-16-8-6-13-30(34)37)49-38-20-18-28(24-35(38)36-26-46-23-22-39(36)49)44-31-14-5-4-12-29(31)32-19-21-41-43(45(32)48-44)33-15-7-9-17-40(33)50-41;1-2-10-27(11-3-1)44-33-14-6-8-16-38(33)47-45(48-44)49-39-20-18-28(24-36(39)32-22-23-46-26-40(32)49)35-25-37-31(29-12-4-5-13-30(29)35)19-21-42-43(37)34-15-7-9-17-41(34)50-42;1-2-13-25-22(9-1)10-8-17-26(25)23-11-7-12-24(21-23)34-28-15-4-3-14-27(28)29-19-20-32-33(35(29)36-34)30-16-5-6-18-31(30)37-32/h2*1-26H;1-21H. The minimum atomic E-state index is 0.631. The zero-order chi connectivity index (χ0) is 89.9. The first-order valence-corrected chi connectivity index (χ1v) is 47.7. The van der Waals surface area contributed by atoms with Crippen molar-refractivity contribution < 1.29 is 4.42 Å². The maximum Gasteiger partial charge on any atom is 0.235 e. The lowest BCUT2D eigenvalue weighted by atomic mass is 9.91. The second-order valence-electron chi connectivity index (χ2n) is 35.2. The summed E-state index contributed by atoms with van der Waals surface area (Å²) in [5.41, 5.74) is 23.1. The van der Waals surface area contributed by atoms with E-state index in [0.29, 0.717) is 5.95 Å². The first kappa shape index (κ1) is 77.9. The molecule has 30 aromatic rings. The van der Waals surface area contributed by atoms with E-state index in [2.05, 4.69) is 407 Å². The molecule has 11 heterocycles. The molecular weight excluding hydrogens is 1710 g/mol. The van der Waals surface area contributed by atoms with Gasteiger partial charge >= 0.3 is 0 Å². The van der Waals surface area contributed by atoms with Crippen molar-refractivity contribution in [2.75, 3.05) is 0 Å². The van der Waals surface area contributed by atoms with Crippen molar-refractivity contribution in [1.29, 1.82) is 0 Å². The number of para-hydroxylation sites is 3. The van der Waals surface area contributed by atoms with E-state index >= 15 is 0 Å². The van der Waals surface area contributed by atoms with Crippen molar-refractivity contribution in [3.63, 3.8) is 0 Å². The van der Waals surface area contributed by atoms with Crippen LogP contribution in [-0.4, -0.2) is 44.0 Å². The van der Waals surface area contributed by atoms with Crippen molar-refractivity contribution in [3.05, 3.63) is 443 Å². The summed E-state index contributed by atoms with van der Waals surface area (Å²) in [4.78, 5) is 35.7. The zero-order valence-electron chi connectivity index (χ0n) is 73.4. The molecule has 10 nitrogen and oxygen atoms in total. The summed E-state index contributed by atoms with van der Waals surface area (Å²) >= 11 is 3.70. The van der Waals surface area contributed by atoms with Crippen LogP contribution in [0.5, 0.6) is 0 Å². The summed E-state index contributed by atoms with van der Waals surface area (Å²) in [6, 6.07) is 149. The number of hydrogen-bond acceptors (Lipinski definition) is 10. The molecular formula is C125H73N9OS2. The molecule has 0 amide bonds. The van der Waals surface area contributed by atoms with Gasteiger partial charge in [0.1, 0.15) is 17.0 Å². The molecule has 0 aliphatic heterocycles. The largest absolute Gasteiger partial charge is 0.456 e. The van der Waals surface area contributed by atoms with Gasteiger partial charge in [-0.1, -0.05) is 309 Å². The van der Waals surface area contributed by atoms with Gasteiger partial charge in [-0.05, 0) is 186 Å². The van der Waals surface area contributed by atoms with Crippen molar-refractivity contribution in [1.82, 2.24) is 44.0 Å². The molecule has 12 heteroatoms. The Labute approximate surface area is 790 Å². The average molecular weight is 1780 g/mol. The van der Waals surface area contributed by atoms with E-state index in [4.69, 9.17) is 29.3 Å². The normalized spacial score (nSPS) is 11.9. The molecule has 0 saturated heterocycles. The fourth-order valence-corrected chi connectivity index (χ4v) is 23.7. The summed E-state index contributed by atoms with van der Waals surface area (Å²) in [6.45, 7) is 0. The van der Waals surface area contributed by atoms with Gasteiger partial charge in [-0.3, -0.25) is 19.1 Å². The third-order valence-corrected chi connectivity index (χ3v) is 29.9. The lowest BCUT2D eigenvalue weighted by Gasteiger charge is -2.13. The highest BCUT2D eigenvalue weighted by molar-refractivity contribution is 7.26. The fourth-order valence-electron chi connectivity index (χ4n) is 21.5. The molecule has 0 atom stereocenters. The molecule has 0 spiro atoms. The van der Waals surface area contributed by atoms with Crippen LogP contribution in [-0.2, 0) is 0 Å². The number of fused-ring (bicyclic) bond motifs is 30. The third-order valence-electron chi connectivity index (χ3n) is 27.6. The van der Waals surface area contributed by atoms with Gasteiger partial charge < -0.3 is 4.42 Å². The van der Waals surface area contributed by atoms with Crippen LogP contribution < -0.4 is 0 Å². The predicted octanol–water partition coefficient (Wildman–Crippen LogP) is 34.0. The molecule has 0 fully saturated rings. The number of nitrogens with zero attached hydrogens (tertiary/aromatic N) is 9. The summed E-state index contributed by atoms with van der Waals surface area (Å²) in [6.07, 6.45) is 7.65. The van der Waals surface area contributed by atoms with Crippen molar-refractivity contribution in [2.45, 2.75) is 0 Å². The second-order valence-corrected chi connectivity index (χ2v) is 37.3. The molecule has 636 valence electrons. The maximum atomic E-state index is 6.20. The number of thiophene rings is 2. The van der Waals surface area contributed by atoms with Crippen LogP contribution in [0.1, 0.15) is 0 Å². The maximum absolute atomic E-state index is 6.20. The van der Waals surface area contributed by atoms with Gasteiger partial charge in [0, 0.05) is 135 Å². The Kier molecular flexibility index (Phi) is 17.9. The number of rotatable bonds is 8. The second kappa shape index (κ2) is 31.4. The van der Waals surface area contributed by atoms with E-state index in [1.165, 1.54) is 117 Å². The highest BCUT2D eigenvalue weighted by Gasteiger charge is 2.26. The number of hydrogen-bond donors (Lipinski definition) is 0. The van der Waals surface area contributed by atoms with E-state index < -0.39 is 0 Å². The van der Waals surface area contributed by atoms with Gasteiger partial charge in [0.2, 0.25) is 5.95 Å². The highest BCUT2D eigenvalue weighted by atomic mass is 32.1. The van der Waals surface area contributed by atoms with Crippen LogP contribution in [0.25, 0.3) is 282 Å². The van der Waals surface area contributed by atoms with Crippen LogP contribution in [0.15, 0.2) is 448 Å². The van der Waals surface area contributed by atoms with E-state index in [9.17, 15) is 0 Å². The molecule has 0 saturated carbocycles. The van der Waals surface area contributed by atoms with E-state index in [1.54, 1.807) is 0 Å². The van der Waals surface area contributed by atoms with Crippen LogP contribution in [0, 0.1) is 0 Å². The van der Waals surface area contributed by atoms with Gasteiger partial charge in [-0.2, -0.15) is 0 Å². The van der Waals surface area contributed by atoms with E-state index in [-0.39, 0.29) is 0 Å². The molecule has 0 aliphatic carbocycles. The van der Waals surface area contributed by atoms with Crippen molar-refractivity contribution in [3.8, 4) is 78.9 Å². The first-order chi connectivity index (χ1) is 67.9. The Hall–Kier alpha value is -17.8. The fraction of sp³-hybridized carbons (Fsp3) is 0. The van der Waals surface area contributed by atoms with Gasteiger partial charge in [-0.25, -0.2) is 24.9 Å². The van der Waals surface area contributed by atoms with Gasteiger partial charge in [0.25, 0.3) is 0 Å². The lowest BCUT2D eigenvalue weighted by Crippen LogP contribution is -2.03. The zero-order valence-corrected chi connectivity index (χ0v) is 75.0. The summed E-state index contributed by atoms with van der Waals surface area (Å²) in [5.74, 6) is 1.51. The first-order valence-electron chi connectivity index (χ1n) is 46.1.